The standard InChI is InChI=1S/C38H50N2Si2/c1-30(2)42(31(3)4,32(5)6)29-27-36(26-28-41(11,12)13)35(20-14-33-16-22-37(23-17-33)39(7)8)21-15-34-18-24-38(25-19-34)40(9)10/h16-19,22-25,30-32H,1-13H3. The minimum Gasteiger partial charge on any atom is -0.378 e. The van der Waals surface area contributed by atoms with Crippen LogP contribution >= 0.6 is 0 Å². The molecule has 0 aliphatic carbocycles. The lowest BCUT2D eigenvalue weighted by molar-refractivity contribution is 0.838. The molecule has 42 heavy (non-hydrogen) atoms. The van der Waals surface area contributed by atoms with Crippen molar-refractivity contribution in [2.45, 2.75) is 77.8 Å². The number of anilines is 2. The van der Waals surface area contributed by atoms with Crippen LogP contribution in [0.1, 0.15) is 52.7 Å². The summed E-state index contributed by atoms with van der Waals surface area (Å²) in [5, 5.41) is 0. The fourth-order valence-electron chi connectivity index (χ4n) is 5.12. The predicted molar refractivity (Wildman–Crippen MR) is 192 cm³/mol. The maximum atomic E-state index is 3.88. The molecule has 0 aromatic heterocycles. The summed E-state index contributed by atoms with van der Waals surface area (Å²) < 4.78 is 0. The third-order valence-electron chi connectivity index (χ3n) is 7.51. The molecule has 0 spiro atoms. The van der Waals surface area contributed by atoms with Crippen LogP contribution < -0.4 is 9.80 Å². The van der Waals surface area contributed by atoms with Crippen LogP contribution in [0.25, 0.3) is 0 Å². The van der Waals surface area contributed by atoms with E-state index in [1.54, 1.807) is 0 Å². The van der Waals surface area contributed by atoms with Crippen molar-refractivity contribution in [1.82, 2.24) is 0 Å². The van der Waals surface area contributed by atoms with Gasteiger partial charge in [0.25, 0.3) is 0 Å². The number of hydrogen-bond donors (Lipinski definition) is 0. The molecular formula is C38H50N2Si2. The topological polar surface area (TPSA) is 6.48 Å². The van der Waals surface area contributed by atoms with Crippen molar-refractivity contribution in [3.8, 4) is 46.6 Å². The van der Waals surface area contributed by atoms with E-state index in [2.05, 4.69) is 166 Å². The van der Waals surface area contributed by atoms with E-state index in [0.717, 1.165) is 28.1 Å². The highest BCUT2D eigenvalue weighted by Gasteiger charge is 2.41. The molecule has 0 unspecified atom stereocenters. The number of allylic oxidation sites excluding steroid dienone is 2. The van der Waals surface area contributed by atoms with E-state index in [1.807, 2.05) is 28.2 Å². The lowest BCUT2D eigenvalue weighted by Gasteiger charge is -2.38. The smallest absolute Gasteiger partial charge is 0.146 e. The Kier molecular flexibility index (Phi) is 12.4. The first-order chi connectivity index (χ1) is 19.6. The summed E-state index contributed by atoms with van der Waals surface area (Å²) in [5.41, 5.74) is 14.6. The average Bonchev–Trinajstić information content (AvgIpc) is 2.90. The number of nitrogens with zero attached hydrogens (tertiary/aromatic N) is 2. The van der Waals surface area contributed by atoms with Crippen molar-refractivity contribution in [2.24, 2.45) is 0 Å². The zero-order valence-corrected chi connectivity index (χ0v) is 30.2. The monoisotopic (exact) mass is 590 g/mol. The van der Waals surface area contributed by atoms with Crippen molar-refractivity contribution in [2.75, 3.05) is 38.0 Å². The van der Waals surface area contributed by atoms with Crippen molar-refractivity contribution in [3.63, 3.8) is 0 Å². The molecule has 4 heteroatoms. The van der Waals surface area contributed by atoms with Crippen LogP contribution in [0.15, 0.2) is 59.7 Å². The molecule has 0 atom stereocenters. The van der Waals surface area contributed by atoms with Gasteiger partial charge >= 0.3 is 0 Å². The second kappa shape index (κ2) is 15.1. The third-order valence-corrected chi connectivity index (χ3v) is 14.7. The van der Waals surface area contributed by atoms with Crippen LogP contribution in [0.2, 0.25) is 36.3 Å². The van der Waals surface area contributed by atoms with Crippen LogP contribution in [0.4, 0.5) is 11.4 Å². The molecule has 2 aromatic carbocycles. The summed E-state index contributed by atoms with van der Waals surface area (Å²) in [6.45, 7) is 20.8. The summed E-state index contributed by atoms with van der Waals surface area (Å²) in [6.07, 6.45) is 0. The molecule has 0 saturated heterocycles. The molecule has 2 rings (SSSR count). The van der Waals surface area contributed by atoms with E-state index in [-0.39, 0.29) is 0 Å². The minimum atomic E-state index is -1.98. The first-order valence-electron chi connectivity index (χ1n) is 15.0. The van der Waals surface area contributed by atoms with Gasteiger partial charge in [-0.3, -0.25) is 0 Å². The summed E-state index contributed by atoms with van der Waals surface area (Å²) >= 11 is 0. The van der Waals surface area contributed by atoms with Gasteiger partial charge in [-0.15, -0.1) is 11.1 Å². The summed E-state index contributed by atoms with van der Waals surface area (Å²) in [7, 11) is 4.52. The molecule has 2 nitrogen and oxygen atoms in total. The largest absolute Gasteiger partial charge is 0.378 e. The molecule has 0 bridgehead atoms. The average molecular weight is 591 g/mol. The van der Waals surface area contributed by atoms with Crippen LogP contribution in [0.5, 0.6) is 0 Å². The highest BCUT2D eigenvalue weighted by molar-refractivity contribution is 6.90. The minimum absolute atomic E-state index is 0.530. The SMILES string of the molecule is CC(C)[Si](C#CC(C#C[Si](C)(C)C)=C(C#Cc1ccc(N(C)C)cc1)C#Cc1ccc(N(C)C)cc1)(C(C)C)C(C)C. The fraction of sp³-hybridized carbons (Fsp3) is 0.421. The molecule has 220 valence electrons. The maximum absolute atomic E-state index is 3.88. The van der Waals surface area contributed by atoms with Gasteiger partial charge < -0.3 is 9.80 Å². The summed E-state index contributed by atoms with van der Waals surface area (Å²) in [6, 6.07) is 16.6. The molecule has 0 radical (unpaired) electrons. The lowest BCUT2D eigenvalue weighted by Crippen LogP contribution is -2.43. The molecule has 0 aliphatic heterocycles. The Morgan fingerprint density at radius 2 is 0.857 bits per heavy atom. The maximum Gasteiger partial charge on any atom is 0.146 e. The van der Waals surface area contributed by atoms with E-state index in [9.17, 15) is 0 Å². The van der Waals surface area contributed by atoms with Gasteiger partial charge in [-0.25, -0.2) is 0 Å². The van der Waals surface area contributed by atoms with Gasteiger partial charge in [0, 0.05) is 50.7 Å². The molecule has 0 aliphatic rings. The van der Waals surface area contributed by atoms with Gasteiger partial charge in [-0.1, -0.05) is 96.7 Å². The van der Waals surface area contributed by atoms with E-state index >= 15 is 0 Å². The number of benzene rings is 2. The Labute approximate surface area is 260 Å². The second-order valence-electron chi connectivity index (χ2n) is 13.3. The van der Waals surface area contributed by atoms with E-state index in [0.29, 0.717) is 22.2 Å². The first kappa shape index (κ1) is 34.7. The zero-order chi connectivity index (χ0) is 31.7. The van der Waals surface area contributed by atoms with Crippen molar-refractivity contribution in [3.05, 3.63) is 70.8 Å². The fourth-order valence-corrected chi connectivity index (χ4v) is 10.8. The second-order valence-corrected chi connectivity index (χ2v) is 23.6. The molecule has 0 saturated carbocycles. The third kappa shape index (κ3) is 9.78. The van der Waals surface area contributed by atoms with Crippen LogP contribution in [-0.2, 0) is 0 Å². The number of rotatable bonds is 5. The van der Waals surface area contributed by atoms with Gasteiger partial charge in [0.05, 0.1) is 11.1 Å². The van der Waals surface area contributed by atoms with Gasteiger partial charge in [-0.2, -0.15) is 0 Å². The number of hydrogen-bond acceptors (Lipinski definition) is 2. The Morgan fingerprint density at radius 1 is 0.524 bits per heavy atom. The van der Waals surface area contributed by atoms with Gasteiger partial charge in [-0.05, 0) is 65.2 Å². The van der Waals surface area contributed by atoms with Gasteiger partial charge in [0.15, 0.2) is 0 Å². The van der Waals surface area contributed by atoms with Crippen LogP contribution in [0, 0.1) is 46.6 Å². The zero-order valence-electron chi connectivity index (χ0n) is 28.2. The highest BCUT2D eigenvalue weighted by Crippen LogP contribution is 2.40. The van der Waals surface area contributed by atoms with Gasteiger partial charge in [0.2, 0.25) is 0 Å². The molecule has 0 fully saturated rings. The van der Waals surface area contributed by atoms with Crippen molar-refractivity contribution in [1.29, 1.82) is 0 Å². The molecule has 0 amide bonds. The molecular weight excluding hydrogens is 541 g/mol. The molecule has 0 N–H and O–H groups in total. The van der Waals surface area contributed by atoms with Crippen LogP contribution in [-0.4, -0.2) is 44.3 Å². The Hall–Kier alpha value is -3.55. The van der Waals surface area contributed by atoms with E-state index < -0.39 is 16.1 Å². The summed E-state index contributed by atoms with van der Waals surface area (Å²) in [4.78, 5) is 4.17. The van der Waals surface area contributed by atoms with Crippen molar-refractivity contribution >= 4 is 27.5 Å². The Morgan fingerprint density at radius 3 is 1.17 bits per heavy atom. The lowest BCUT2D eigenvalue weighted by atomic mass is 10.1. The Balaban J connectivity index is 2.88. The van der Waals surface area contributed by atoms with Gasteiger partial charge in [0.1, 0.15) is 16.1 Å². The highest BCUT2D eigenvalue weighted by atomic mass is 28.3. The van der Waals surface area contributed by atoms with Crippen molar-refractivity contribution < 1.29 is 0 Å². The predicted octanol–water partition coefficient (Wildman–Crippen LogP) is 8.62. The normalized spacial score (nSPS) is 10.9. The first-order valence-corrected chi connectivity index (χ1v) is 20.7. The van der Waals surface area contributed by atoms with Crippen LogP contribution in [0.3, 0.4) is 0 Å². The van der Waals surface area contributed by atoms with E-state index in [4.69, 9.17) is 0 Å². The quantitative estimate of drug-likeness (QED) is 0.254. The Bertz CT molecular complexity index is 1390. The molecule has 0 heterocycles. The molecule has 2 aromatic rings. The summed E-state index contributed by atoms with van der Waals surface area (Å²) in [5.74, 6) is 20.7. The van der Waals surface area contributed by atoms with E-state index in [1.165, 1.54) is 0 Å².